The fourth-order valence-electron chi connectivity index (χ4n) is 0.637. The summed E-state index contributed by atoms with van der Waals surface area (Å²) in [4.78, 5) is 0. The Bertz CT molecular complexity index is 109. The molecular formula is C9H21NO3. The van der Waals surface area contributed by atoms with Gasteiger partial charge in [-0.05, 0) is 5.92 Å². The smallest absolute Gasteiger partial charge is 0.146 e. The van der Waals surface area contributed by atoms with Crippen LogP contribution in [-0.4, -0.2) is 39.8 Å². The van der Waals surface area contributed by atoms with E-state index >= 15 is 0 Å². The molecule has 0 rings (SSSR count). The first kappa shape index (κ1) is 12.8. The van der Waals surface area contributed by atoms with E-state index in [0.29, 0.717) is 32.5 Å². The fourth-order valence-corrected chi connectivity index (χ4v) is 0.637. The maximum Gasteiger partial charge on any atom is 0.146 e. The summed E-state index contributed by atoms with van der Waals surface area (Å²) in [5.74, 6) is 0.443. The largest absolute Gasteiger partial charge is 0.382 e. The third-order valence-electron chi connectivity index (χ3n) is 1.77. The molecule has 0 radical (unpaired) electrons. The summed E-state index contributed by atoms with van der Waals surface area (Å²) in [5.41, 5.74) is 5.75. The lowest BCUT2D eigenvalue weighted by atomic mass is 10.1. The van der Waals surface area contributed by atoms with Gasteiger partial charge in [-0.15, -0.1) is 0 Å². The molecule has 0 aromatic rings. The van der Waals surface area contributed by atoms with Gasteiger partial charge in [0.15, 0.2) is 0 Å². The third-order valence-corrected chi connectivity index (χ3v) is 1.77. The number of methoxy groups -OCH3 is 1. The zero-order valence-corrected chi connectivity index (χ0v) is 8.79. The maximum atomic E-state index is 5.75. The van der Waals surface area contributed by atoms with Crippen molar-refractivity contribution >= 4 is 0 Å². The van der Waals surface area contributed by atoms with E-state index in [1.165, 1.54) is 0 Å². The molecule has 80 valence electrons. The summed E-state index contributed by atoms with van der Waals surface area (Å²) in [6, 6.07) is 0.0889. The normalized spacial score (nSPS) is 13.6. The first-order chi connectivity index (χ1) is 6.18. The number of rotatable bonds is 8. The van der Waals surface area contributed by atoms with Crippen LogP contribution in [0.25, 0.3) is 0 Å². The van der Waals surface area contributed by atoms with E-state index in [-0.39, 0.29) is 6.04 Å². The second kappa shape index (κ2) is 8.44. The first-order valence-corrected chi connectivity index (χ1v) is 4.58. The molecule has 0 amide bonds. The summed E-state index contributed by atoms with van der Waals surface area (Å²) < 4.78 is 15.1. The summed E-state index contributed by atoms with van der Waals surface area (Å²) in [6.45, 7) is 6.14. The molecular weight excluding hydrogens is 170 g/mol. The fraction of sp³-hybridized carbons (Fsp3) is 1.00. The van der Waals surface area contributed by atoms with Crippen molar-refractivity contribution in [3.05, 3.63) is 0 Å². The van der Waals surface area contributed by atoms with E-state index < -0.39 is 0 Å². The van der Waals surface area contributed by atoms with Crippen LogP contribution >= 0.6 is 0 Å². The van der Waals surface area contributed by atoms with Crippen molar-refractivity contribution in [2.75, 3.05) is 33.7 Å². The predicted octanol–water partition coefficient (Wildman–Crippen LogP) is 0.607. The highest BCUT2D eigenvalue weighted by molar-refractivity contribution is 4.62. The molecule has 4 nitrogen and oxygen atoms in total. The van der Waals surface area contributed by atoms with Gasteiger partial charge in [0.05, 0.1) is 19.8 Å². The quantitative estimate of drug-likeness (QED) is 0.451. The van der Waals surface area contributed by atoms with Gasteiger partial charge in [-0.2, -0.15) is 0 Å². The van der Waals surface area contributed by atoms with Gasteiger partial charge in [0.1, 0.15) is 6.79 Å². The second-order valence-electron chi connectivity index (χ2n) is 3.30. The van der Waals surface area contributed by atoms with E-state index in [2.05, 4.69) is 13.8 Å². The predicted molar refractivity (Wildman–Crippen MR) is 51.5 cm³/mol. The molecule has 0 fully saturated rings. The summed E-state index contributed by atoms with van der Waals surface area (Å²) >= 11 is 0. The summed E-state index contributed by atoms with van der Waals surface area (Å²) in [6.07, 6.45) is 0. The Balaban J connectivity index is 3.07. The Hall–Kier alpha value is -0.160. The summed E-state index contributed by atoms with van der Waals surface area (Å²) in [5, 5.41) is 0. The Morgan fingerprint density at radius 2 is 1.85 bits per heavy atom. The van der Waals surface area contributed by atoms with E-state index in [1.807, 2.05) is 0 Å². The lowest BCUT2D eigenvalue weighted by molar-refractivity contribution is -0.0709. The third kappa shape index (κ3) is 8.18. The Labute approximate surface area is 80.3 Å². The molecule has 0 heterocycles. The van der Waals surface area contributed by atoms with Crippen molar-refractivity contribution in [3.63, 3.8) is 0 Å². The monoisotopic (exact) mass is 191 g/mol. The minimum Gasteiger partial charge on any atom is -0.382 e. The highest BCUT2D eigenvalue weighted by atomic mass is 16.7. The van der Waals surface area contributed by atoms with Crippen molar-refractivity contribution in [3.8, 4) is 0 Å². The lowest BCUT2D eigenvalue weighted by Gasteiger charge is -2.15. The topological polar surface area (TPSA) is 53.7 Å². The molecule has 13 heavy (non-hydrogen) atoms. The van der Waals surface area contributed by atoms with Gasteiger partial charge < -0.3 is 19.9 Å². The van der Waals surface area contributed by atoms with E-state index in [9.17, 15) is 0 Å². The molecule has 4 heteroatoms. The Morgan fingerprint density at radius 3 is 2.38 bits per heavy atom. The van der Waals surface area contributed by atoms with E-state index in [4.69, 9.17) is 19.9 Å². The average molecular weight is 191 g/mol. The van der Waals surface area contributed by atoms with Gasteiger partial charge in [0, 0.05) is 13.2 Å². The van der Waals surface area contributed by atoms with Crippen LogP contribution in [0.2, 0.25) is 0 Å². The lowest BCUT2D eigenvalue weighted by Crippen LogP contribution is -2.32. The molecule has 0 aliphatic rings. The van der Waals surface area contributed by atoms with Crippen LogP contribution in [0, 0.1) is 5.92 Å². The Morgan fingerprint density at radius 1 is 1.15 bits per heavy atom. The zero-order chi connectivity index (χ0) is 10.1. The molecule has 0 aromatic heterocycles. The van der Waals surface area contributed by atoms with Crippen LogP contribution in [0.4, 0.5) is 0 Å². The van der Waals surface area contributed by atoms with Crippen LogP contribution in [0.15, 0.2) is 0 Å². The molecule has 2 N–H and O–H groups in total. The van der Waals surface area contributed by atoms with Gasteiger partial charge >= 0.3 is 0 Å². The maximum absolute atomic E-state index is 5.75. The van der Waals surface area contributed by atoms with Gasteiger partial charge in [-0.25, -0.2) is 0 Å². The number of hydrogen-bond acceptors (Lipinski definition) is 4. The van der Waals surface area contributed by atoms with Gasteiger partial charge in [-0.1, -0.05) is 13.8 Å². The van der Waals surface area contributed by atoms with E-state index in [1.54, 1.807) is 7.11 Å². The number of hydrogen-bond donors (Lipinski definition) is 1. The van der Waals surface area contributed by atoms with Crippen molar-refractivity contribution in [1.82, 2.24) is 0 Å². The molecule has 0 aliphatic heterocycles. The minimum atomic E-state index is 0.0889. The van der Waals surface area contributed by atoms with Gasteiger partial charge in [0.2, 0.25) is 0 Å². The molecule has 0 bridgehead atoms. The van der Waals surface area contributed by atoms with Crippen LogP contribution in [0.1, 0.15) is 13.8 Å². The molecule has 0 aliphatic carbocycles. The van der Waals surface area contributed by atoms with Crippen LogP contribution < -0.4 is 5.73 Å². The standard InChI is InChI=1S/C9H21NO3/c1-8(2)9(10)6-13-7-12-5-4-11-3/h8-9H,4-7,10H2,1-3H3. The molecule has 1 unspecified atom stereocenters. The van der Waals surface area contributed by atoms with Crippen molar-refractivity contribution < 1.29 is 14.2 Å². The minimum absolute atomic E-state index is 0.0889. The number of nitrogens with two attached hydrogens (primary N) is 1. The van der Waals surface area contributed by atoms with Gasteiger partial charge in [-0.3, -0.25) is 0 Å². The van der Waals surface area contributed by atoms with Crippen molar-refractivity contribution in [2.45, 2.75) is 19.9 Å². The molecule has 0 spiro atoms. The van der Waals surface area contributed by atoms with Crippen LogP contribution in [0.5, 0.6) is 0 Å². The number of ether oxygens (including phenoxy) is 3. The van der Waals surface area contributed by atoms with Crippen LogP contribution in [0.3, 0.4) is 0 Å². The van der Waals surface area contributed by atoms with E-state index in [0.717, 1.165) is 0 Å². The van der Waals surface area contributed by atoms with Crippen molar-refractivity contribution in [2.24, 2.45) is 11.7 Å². The molecule has 1 atom stereocenters. The molecule has 0 saturated carbocycles. The second-order valence-corrected chi connectivity index (χ2v) is 3.30. The SMILES string of the molecule is COCCOCOCC(N)C(C)C. The Kier molecular flexibility index (Phi) is 8.33. The van der Waals surface area contributed by atoms with Gasteiger partial charge in [0.25, 0.3) is 0 Å². The summed E-state index contributed by atoms with van der Waals surface area (Å²) in [7, 11) is 1.64. The van der Waals surface area contributed by atoms with Crippen molar-refractivity contribution in [1.29, 1.82) is 0 Å². The highest BCUT2D eigenvalue weighted by Crippen LogP contribution is 1.98. The first-order valence-electron chi connectivity index (χ1n) is 4.58. The average Bonchev–Trinajstić information content (AvgIpc) is 2.10. The zero-order valence-electron chi connectivity index (χ0n) is 8.79. The highest BCUT2D eigenvalue weighted by Gasteiger charge is 2.06. The molecule has 0 saturated heterocycles. The van der Waals surface area contributed by atoms with Crippen LogP contribution in [-0.2, 0) is 14.2 Å². The molecule has 0 aromatic carbocycles.